The summed E-state index contributed by atoms with van der Waals surface area (Å²) in [6.45, 7) is 1.88. The van der Waals surface area contributed by atoms with E-state index >= 15 is 0 Å². The highest BCUT2D eigenvalue weighted by Gasteiger charge is 2.15. The monoisotopic (exact) mass is 262 g/mol. The second-order valence-electron chi connectivity index (χ2n) is 3.79. The number of hydrogen-bond acceptors (Lipinski definition) is 7. The summed E-state index contributed by atoms with van der Waals surface area (Å²) in [7, 11) is 0. The van der Waals surface area contributed by atoms with Crippen molar-refractivity contribution in [2.75, 3.05) is 0 Å². The van der Waals surface area contributed by atoms with Gasteiger partial charge in [0.15, 0.2) is 0 Å². The fraction of sp³-hybridized carbons (Fsp3) is 0.182. The fourth-order valence-corrected chi connectivity index (χ4v) is 2.18. The van der Waals surface area contributed by atoms with E-state index in [2.05, 4.69) is 15.1 Å². The molecule has 3 rings (SSSR count). The molecule has 0 fully saturated rings. The summed E-state index contributed by atoms with van der Waals surface area (Å²) in [6, 6.07) is 1.67. The molecule has 3 heterocycles. The van der Waals surface area contributed by atoms with Crippen molar-refractivity contribution in [3.8, 4) is 23.0 Å². The van der Waals surface area contributed by atoms with Gasteiger partial charge in [-0.05, 0) is 13.0 Å². The lowest BCUT2D eigenvalue weighted by molar-refractivity contribution is 0.431. The molecule has 7 heteroatoms. The average molecular weight is 262 g/mol. The minimum absolute atomic E-state index is 0.0972. The largest absolute Gasteiger partial charge is 0.472 e. The Hall–Kier alpha value is -1.99. The number of thiazole rings is 1. The first-order valence-electron chi connectivity index (χ1n) is 5.31. The Balaban J connectivity index is 1.93. The van der Waals surface area contributed by atoms with Gasteiger partial charge in [-0.2, -0.15) is 4.98 Å². The molecule has 0 aromatic carbocycles. The van der Waals surface area contributed by atoms with Crippen LogP contribution in [0.3, 0.4) is 0 Å². The van der Waals surface area contributed by atoms with Gasteiger partial charge in [0.05, 0.1) is 17.9 Å². The Bertz CT molecular complexity index is 642. The third-order valence-electron chi connectivity index (χ3n) is 2.34. The first-order chi connectivity index (χ1) is 8.74. The van der Waals surface area contributed by atoms with E-state index in [0.29, 0.717) is 17.4 Å². The van der Waals surface area contributed by atoms with Crippen LogP contribution in [0.4, 0.5) is 0 Å². The van der Waals surface area contributed by atoms with Crippen LogP contribution in [0.5, 0.6) is 0 Å². The first kappa shape index (κ1) is 11.1. The summed E-state index contributed by atoms with van der Waals surface area (Å²) < 4.78 is 10.1. The molecule has 0 spiro atoms. The predicted molar refractivity (Wildman–Crippen MR) is 65.7 cm³/mol. The van der Waals surface area contributed by atoms with Gasteiger partial charge in [0.1, 0.15) is 17.0 Å². The maximum atomic E-state index is 5.76. The van der Waals surface area contributed by atoms with Crippen LogP contribution in [-0.4, -0.2) is 15.1 Å². The lowest BCUT2D eigenvalue weighted by Gasteiger charge is -1.95. The molecule has 0 aliphatic rings. The molecular weight excluding hydrogens is 252 g/mol. The quantitative estimate of drug-likeness (QED) is 0.779. The minimum atomic E-state index is -0.0972. The van der Waals surface area contributed by atoms with E-state index in [9.17, 15) is 0 Å². The fourth-order valence-electron chi connectivity index (χ4n) is 1.43. The standard InChI is InChI=1S/C11H10N4O2S/c1-6(12)11-13-8(5-18-11)10-14-9(15-17-10)7-2-3-16-4-7/h2-6H,12H2,1H3. The van der Waals surface area contributed by atoms with Crippen molar-refractivity contribution in [2.24, 2.45) is 5.73 Å². The molecule has 0 saturated carbocycles. The van der Waals surface area contributed by atoms with Gasteiger partial charge in [0.2, 0.25) is 5.82 Å². The van der Waals surface area contributed by atoms with Gasteiger partial charge in [-0.1, -0.05) is 5.16 Å². The van der Waals surface area contributed by atoms with E-state index < -0.39 is 0 Å². The molecule has 1 unspecified atom stereocenters. The molecule has 3 aromatic heterocycles. The summed E-state index contributed by atoms with van der Waals surface area (Å²) in [5, 5.41) is 6.57. The topological polar surface area (TPSA) is 91.0 Å². The molecule has 6 nitrogen and oxygen atoms in total. The molecule has 0 radical (unpaired) electrons. The van der Waals surface area contributed by atoms with Crippen LogP contribution in [0.1, 0.15) is 18.0 Å². The SMILES string of the molecule is CC(N)c1nc(-c2nc(-c3ccoc3)no2)cs1. The normalized spacial score (nSPS) is 12.8. The molecular formula is C11H10N4O2S. The number of furan rings is 1. The molecule has 3 aromatic rings. The van der Waals surface area contributed by atoms with Crippen molar-refractivity contribution < 1.29 is 8.94 Å². The Kier molecular flexibility index (Phi) is 2.69. The van der Waals surface area contributed by atoms with Crippen molar-refractivity contribution in [2.45, 2.75) is 13.0 Å². The third-order valence-corrected chi connectivity index (χ3v) is 3.38. The van der Waals surface area contributed by atoms with E-state index in [0.717, 1.165) is 10.6 Å². The summed E-state index contributed by atoms with van der Waals surface area (Å²) in [6.07, 6.45) is 3.12. The van der Waals surface area contributed by atoms with E-state index in [-0.39, 0.29) is 6.04 Å². The van der Waals surface area contributed by atoms with E-state index in [1.54, 1.807) is 18.6 Å². The molecule has 0 aliphatic heterocycles. The second kappa shape index (κ2) is 4.35. The zero-order valence-corrected chi connectivity index (χ0v) is 10.3. The zero-order chi connectivity index (χ0) is 12.5. The van der Waals surface area contributed by atoms with Gasteiger partial charge in [-0.15, -0.1) is 11.3 Å². The third kappa shape index (κ3) is 1.93. The molecule has 18 heavy (non-hydrogen) atoms. The van der Waals surface area contributed by atoms with E-state index in [1.165, 1.54) is 11.3 Å². The minimum Gasteiger partial charge on any atom is -0.472 e. The van der Waals surface area contributed by atoms with Crippen molar-refractivity contribution >= 4 is 11.3 Å². The average Bonchev–Trinajstić information content (AvgIpc) is 3.10. The highest BCUT2D eigenvalue weighted by atomic mass is 32.1. The Morgan fingerprint density at radius 3 is 2.94 bits per heavy atom. The first-order valence-corrected chi connectivity index (χ1v) is 6.19. The summed E-state index contributed by atoms with van der Waals surface area (Å²) in [5.74, 6) is 0.864. The van der Waals surface area contributed by atoms with Gasteiger partial charge in [-0.3, -0.25) is 0 Å². The smallest absolute Gasteiger partial charge is 0.277 e. The van der Waals surface area contributed by atoms with Crippen molar-refractivity contribution in [1.82, 2.24) is 15.1 Å². The van der Waals surface area contributed by atoms with Crippen LogP contribution < -0.4 is 5.73 Å². The van der Waals surface area contributed by atoms with Crippen molar-refractivity contribution in [1.29, 1.82) is 0 Å². The van der Waals surface area contributed by atoms with Gasteiger partial charge in [-0.25, -0.2) is 4.98 Å². The molecule has 0 saturated heterocycles. The maximum Gasteiger partial charge on any atom is 0.277 e. The molecule has 0 aliphatic carbocycles. The lowest BCUT2D eigenvalue weighted by atomic mass is 10.3. The van der Waals surface area contributed by atoms with Crippen LogP contribution in [0.15, 0.2) is 32.9 Å². The van der Waals surface area contributed by atoms with Gasteiger partial charge in [0.25, 0.3) is 5.89 Å². The van der Waals surface area contributed by atoms with E-state index in [4.69, 9.17) is 14.7 Å². The number of nitrogens with zero attached hydrogens (tertiary/aromatic N) is 3. The van der Waals surface area contributed by atoms with Gasteiger partial charge >= 0.3 is 0 Å². The Morgan fingerprint density at radius 1 is 1.39 bits per heavy atom. The van der Waals surface area contributed by atoms with Gasteiger partial charge < -0.3 is 14.7 Å². The summed E-state index contributed by atoms with van der Waals surface area (Å²) in [5.41, 5.74) is 7.18. The lowest BCUT2D eigenvalue weighted by Crippen LogP contribution is -2.03. The van der Waals surface area contributed by atoms with E-state index in [1.807, 2.05) is 12.3 Å². The predicted octanol–water partition coefficient (Wildman–Crippen LogP) is 2.47. The molecule has 1 atom stereocenters. The van der Waals surface area contributed by atoms with Crippen LogP contribution >= 0.6 is 11.3 Å². The van der Waals surface area contributed by atoms with Crippen molar-refractivity contribution in [3.05, 3.63) is 29.0 Å². The number of rotatable bonds is 3. The number of hydrogen-bond donors (Lipinski definition) is 1. The highest BCUT2D eigenvalue weighted by molar-refractivity contribution is 7.10. The highest BCUT2D eigenvalue weighted by Crippen LogP contribution is 2.25. The van der Waals surface area contributed by atoms with Crippen LogP contribution in [-0.2, 0) is 0 Å². The molecule has 0 amide bonds. The number of aromatic nitrogens is 3. The van der Waals surface area contributed by atoms with Crippen LogP contribution in [0.2, 0.25) is 0 Å². The second-order valence-corrected chi connectivity index (χ2v) is 4.68. The zero-order valence-electron chi connectivity index (χ0n) is 9.53. The molecule has 2 N–H and O–H groups in total. The molecule has 92 valence electrons. The maximum absolute atomic E-state index is 5.76. The summed E-state index contributed by atoms with van der Waals surface area (Å²) in [4.78, 5) is 8.61. The summed E-state index contributed by atoms with van der Waals surface area (Å²) >= 11 is 1.48. The van der Waals surface area contributed by atoms with Crippen molar-refractivity contribution in [3.63, 3.8) is 0 Å². The number of nitrogens with two attached hydrogens (primary N) is 1. The van der Waals surface area contributed by atoms with Gasteiger partial charge in [0, 0.05) is 5.38 Å². The Labute approximate surface area is 106 Å². The Morgan fingerprint density at radius 2 is 2.28 bits per heavy atom. The van der Waals surface area contributed by atoms with Crippen LogP contribution in [0.25, 0.3) is 23.0 Å². The van der Waals surface area contributed by atoms with Crippen LogP contribution in [0, 0.1) is 0 Å². The molecule has 0 bridgehead atoms.